The molecule has 0 saturated carbocycles. The predicted octanol–water partition coefficient (Wildman–Crippen LogP) is 3.18. The van der Waals surface area contributed by atoms with Gasteiger partial charge >= 0.3 is 5.82 Å². The summed E-state index contributed by atoms with van der Waals surface area (Å²) in [6.45, 7) is 1.67. The zero-order valence-corrected chi connectivity index (χ0v) is 17.2. The van der Waals surface area contributed by atoms with Crippen molar-refractivity contribution >= 4 is 17.4 Å². The summed E-state index contributed by atoms with van der Waals surface area (Å²) in [6, 6.07) is 13.5. The molecule has 4 aromatic rings. The van der Waals surface area contributed by atoms with E-state index in [1.54, 1.807) is 49.4 Å². The maximum Gasteiger partial charge on any atom is 0.390 e. The van der Waals surface area contributed by atoms with Crippen molar-refractivity contribution in [1.29, 1.82) is 0 Å². The van der Waals surface area contributed by atoms with Gasteiger partial charge < -0.3 is 29.4 Å². The number of carbonyl (C=O) groups is 1. The first kappa shape index (κ1) is 20.2. The lowest BCUT2D eigenvalue weighted by molar-refractivity contribution is -0.389. The molecule has 2 aromatic heterocycles. The van der Waals surface area contributed by atoms with Gasteiger partial charge in [0.2, 0.25) is 18.5 Å². The van der Waals surface area contributed by atoms with E-state index in [0.29, 0.717) is 45.7 Å². The zero-order valence-electron chi connectivity index (χ0n) is 17.2. The number of benzene rings is 2. The maximum absolute atomic E-state index is 12.3. The summed E-state index contributed by atoms with van der Waals surface area (Å²) in [4.78, 5) is 26.9. The number of nitrogens with one attached hydrogen (secondary N) is 1. The highest BCUT2D eigenvalue weighted by Crippen LogP contribution is 2.35. The van der Waals surface area contributed by atoms with Gasteiger partial charge in [-0.05, 0) is 54.3 Å². The fourth-order valence-electron chi connectivity index (χ4n) is 3.27. The summed E-state index contributed by atoms with van der Waals surface area (Å²) in [7, 11) is 0. The van der Waals surface area contributed by atoms with E-state index in [2.05, 4.69) is 20.6 Å². The smallest absolute Gasteiger partial charge is 0.390 e. The molecule has 2 aromatic carbocycles. The van der Waals surface area contributed by atoms with Crippen LogP contribution >= 0.6 is 0 Å². The number of fused-ring (bicyclic) bond motifs is 1. The largest absolute Gasteiger partial charge is 0.454 e. The zero-order chi connectivity index (χ0) is 22.9. The Hall–Kier alpha value is -4.74. The number of aryl methyl sites for hydroxylation is 1. The summed E-state index contributed by atoms with van der Waals surface area (Å²) in [5.41, 5.74) is 2.46. The van der Waals surface area contributed by atoms with Gasteiger partial charge in [0, 0.05) is 16.8 Å². The van der Waals surface area contributed by atoms with Crippen LogP contribution in [-0.4, -0.2) is 37.5 Å². The number of ether oxygens (including phenoxy) is 2. The molecule has 5 rings (SSSR count). The molecule has 0 unspecified atom stereocenters. The number of aromatic nitrogens is 4. The Morgan fingerprint density at radius 1 is 1.12 bits per heavy atom. The molecule has 12 nitrogen and oxygen atoms in total. The van der Waals surface area contributed by atoms with Crippen molar-refractivity contribution < 1.29 is 23.7 Å². The van der Waals surface area contributed by atoms with Crippen molar-refractivity contribution in [2.75, 3.05) is 12.1 Å². The third kappa shape index (κ3) is 4.08. The van der Waals surface area contributed by atoms with Gasteiger partial charge in [-0.1, -0.05) is 5.16 Å². The fraction of sp³-hybridized carbons (Fsp3) is 0.143. The Morgan fingerprint density at radius 2 is 1.88 bits per heavy atom. The van der Waals surface area contributed by atoms with E-state index in [1.165, 1.54) is 10.7 Å². The van der Waals surface area contributed by atoms with Crippen LogP contribution in [0.5, 0.6) is 11.5 Å². The van der Waals surface area contributed by atoms with Crippen molar-refractivity contribution in [3.63, 3.8) is 0 Å². The van der Waals surface area contributed by atoms with E-state index in [-0.39, 0.29) is 25.1 Å². The molecule has 1 amide bonds. The summed E-state index contributed by atoms with van der Waals surface area (Å²) in [6.07, 6.45) is 0. The van der Waals surface area contributed by atoms with E-state index >= 15 is 0 Å². The van der Waals surface area contributed by atoms with Crippen molar-refractivity contribution in [2.24, 2.45) is 0 Å². The first-order chi connectivity index (χ1) is 16.0. The average molecular weight is 448 g/mol. The molecule has 0 fully saturated rings. The molecule has 0 spiro atoms. The second-order valence-electron chi connectivity index (χ2n) is 7.18. The molecule has 0 bridgehead atoms. The number of hydrogen-bond acceptors (Lipinski definition) is 9. The van der Waals surface area contributed by atoms with Gasteiger partial charge in [0.05, 0.1) is 16.9 Å². The highest BCUT2D eigenvalue weighted by molar-refractivity contribution is 5.90. The Bertz CT molecular complexity index is 1360. The average Bonchev–Trinajstić information content (AvgIpc) is 3.54. The number of anilines is 1. The van der Waals surface area contributed by atoms with Crippen LogP contribution in [0.15, 0.2) is 53.1 Å². The third-order valence-electron chi connectivity index (χ3n) is 4.92. The number of rotatable bonds is 6. The summed E-state index contributed by atoms with van der Waals surface area (Å²) in [5, 5.41) is 21.4. The van der Waals surface area contributed by atoms with E-state index < -0.39 is 4.92 Å². The number of nitro groups is 1. The molecule has 1 aliphatic rings. The number of hydrogen-bond donors (Lipinski definition) is 1. The van der Waals surface area contributed by atoms with Crippen LogP contribution in [-0.2, 0) is 11.3 Å². The quantitative estimate of drug-likeness (QED) is 0.347. The van der Waals surface area contributed by atoms with Crippen LogP contribution in [0.4, 0.5) is 11.5 Å². The SMILES string of the molecule is Cc1cc([N+](=O)[O-])nn1CC(=O)Nc1ccc(-c2noc(-c3ccc4c(c3)OCO4)n2)cc1. The van der Waals surface area contributed by atoms with Gasteiger partial charge in [-0.15, -0.1) is 0 Å². The van der Waals surface area contributed by atoms with Crippen LogP contribution in [0.2, 0.25) is 0 Å². The Kier molecular flexibility index (Phi) is 4.94. The molecule has 0 saturated heterocycles. The summed E-state index contributed by atoms with van der Waals surface area (Å²) in [5.74, 6) is 1.34. The molecular formula is C21H16N6O6. The molecule has 166 valence electrons. The van der Waals surface area contributed by atoms with E-state index in [4.69, 9.17) is 14.0 Å². The van der Waals surface area contributed by atoms with E-state index in [1.807, 2.05) is 0 Å². The van der Waals surface area contributed by atoms with E-state index in [0.717, 1.165) is 0 Å². The number of amides is 1. The highest BCUT2D eigenvalue weighted by atomic mass is 16.7. The number of nitrogens with zero attached hydrogens (tertiary/aromatic N) is 5. The summed E-state index contributed by atoms with van der Waals surface area (Å²) < 4.78 is 17.3. The molecule has 3 heterocycles. The highest BCUT2D eigenvalue weighted by Gasteiger charge is 2.19. The van der Waals surface area contributed by atoms with Gasteiger partial charge in [0.15, 0.2) is 11.5 Å². The van der Waals surface area contributed by atoms with Gasteiger partial charge in [-0.3, -0.25) is 4.79 Å². The molecule has 0 radical (unpaired) electrons. The molecule has 33 heavy (non-hydrogen) atoms. The normalized spacial score (nSPS) is 12.0. The van der Waals surface area contributed by atoms with Gasteiger partial charge in [0.1, 0.15) is 6.54 Å². The molecule has 1 aliphatic heterocycles. The second-order valence-corrected chi connectivity index (χ2v) is 7.18. The van der Waals surface area contributed by atoms with Gasteiger partial charge in [0.25, 0.3) is 5.89 Å². The van der Waals surface area contributed by atoms with Crippen molar-refractivity contribution in [3.8, 4) is 34.3 Å². The van der Waals surface area contributed by atoms with Crippen molar-refractivity contribution in [3.05, 3.63) is 64.3 Å². The molecule has 12 heteroatoms. The minimum absolute atomic E-state index is 0.148. The van der Waals surface area contributed by atoms with E-state index in [9.17, 15) is 14.9 Å². The lowest BCUT2D eigenvalue weighted by Gasteiger charge is -2.05. The predicted molar refractivity (Wildman–Crippen MR) is 114 cm³/mol. The van der Waals surface area contributed by atoms with Crippen LogP contribution in [0.3, 0.4) is 0 Å². The fourth-order valence-corrected chi connectivity index (χ4v) is 3.27. The molecule has 0 aliphatic carbocycles. The molecular weight excluding hydrogens is 432 g/mol. The second kappa shape index (κ2) is 8.07. The van der Waals surface area contributed by atoms with Gasteiger partial charge in [-0.2, -0.15) is 9.67 Å². The lowest BCUT2D eigenvalue weighted by Crippen LogP contribution is -2.20. The maximum atomic E-state index is 12.3. The number of carbonyl (C=O) groups excluding carboxylic acids is 1. The molecule has 0 atom stereocenters. The van der Waals surface area contributed by atoms with Crippen LogP contribution < -0.4 is 14.8 Å². The first-order valence-corrected chi connectivity index (χ1v) is 9.79. The topological polar surface area (TPSA) is 147 Å². The minimum atomic E-state index is -0.601. The van der Waals surface area contributed by atoms with Crippen LogP contribution in [0.25, 0.3) is 22.8 Å². The minimum Gasteiger partial charge on any atom is -0.454 e. The Labute approximate surface area is 185 Å². The lowest BCUT2D eigenvalue weighted by atomic mass is 10.2. The Morgan fingerprint density at radius 3 is 2.64 bits per heavy atom. The standard InChI is InChI=1S/C21H16N6O6/c1-12-8-18(27(29)30)24-26(12)10-19(28)22-15-5-2-13(3-6-15)20-23-21(33-25-20)14-4-7-16-17(9-14)32-11-31-16/h2-9H,10-11H2,1H3,(H,22,28). The summed E-state index contributed by atoms with van der Waals surface area (Å²) >= 11 is 0. The van der Waals surface area contributed by atoms with Gasteiger partial charge in [-0.25, -0.2) is 0 Å². The monoisotopic (exact) mass is 448 g/mol. The van der Waals surface area contributed by atoms with Crippen molar-refractivity contribution in [2.45, 2.75) is 13.5 Å². The molecule has 1 N–H and O–H groups in total. The third-order valence-corrected chi connectivity index (χ3v) is 4.92. The van der Waals surface area contributed by atoms with Crippen molar-refractivity contribution in [1.82, 2.24) is 19.9 Å². The van der Waals surface area contributed by atoms with Crippen LogP contribution in [0.1, 0.15) is 5.69 Å². The van der Waals surface area contributed by atoms with Crippen LogP contribution in [0, 0.1) is 17.0 Å². The first-order valence-electron chi connectivity index (χ1n) is 9.79. The Balaban J connectivity index is 1.25.